The van der Waals surface area contributed by atoms with E-state index < -0.39 is 18.3 Å². The molecular formula is C18H26BFO2. The maximum atomic E-state index is 14.9. The molecule has 2 rings (SSSR count). The number of halogens is 1. The summed E-state index contributed by atoms with van der Waals surface area (Å²) in [4.78, 5) is 0. The molecule has 2 nitrogen and oxygen atoms in total. The first-order valence-corrected chi connectivity index (χ1v) is 7.95. The minimum Gasteiger partial charge on any atom is -0.398 e. The first kappa shape index (κ1) is 17.2. The molecule has 1 saturated heterocycles. The molecule has 0 aromatic heterocycles. The molecule has 0 bridgehead atoms. The van der Waals surface area contributed by atoms with Crippen LogP contribution in [0.3, 0.4) is 0 Å². The van der Waals surface area contributed by atoms with Crippen LogP contribution in [0.2, 0.25) is 0 Å². The third-order valence-corrected chi connectivity index (χ3v) is 4.89. The maximum Gasteiger partial charge on any atom is 0.525 e. The van der Waals surface area contributed by atoms with Gasteiger partial charge >= 0.3 is 7.12 Å². The van der Waals surface area contributed by atoms with E-state index in [1.165, 1.54) is 5.56 Å². The fourth-order valence-electron chi connectivity index (χ4n) is 2.53. The highest BCUT2D eigenvalue weighted by Gasteiger charge is 2.53. The summed E-state index contributed by atoms with van der Waals surface area (Å²) in [6, 6.07) is 8.08. The Morgan fingerprint density at radius 3 is 2.14 bits per heavy atom. The average Bonchev–Trinajstić information content (AvgIpc) is 2.66. The van der Waals surface area contributed by atoms with Crippen LogP contribution >= 0.6 is 0 Å². The molecule has 0 radical (unpaired) electrons. The SMILES string of the molecule is CCC(Cc1ccccc1C)=C(F)B1OC(C)(C)C(C)(C)O1. The lowest BCUT2D eigenvalue weighted by molar-refractivity contribution is 0.00578. The molecule has 1 aliphatic heterocycles. The number of rotatable bonds is 4. The van der Waals surface area contributed by atoms with Crippen molar-refractivity contribution < 1.29 is 13.7 Å². The second-order valence-corrected chi connectivity index (χ2v) is 7.00. The number of hydrogen-bond donors (Lipinski definition) is 0. The van der Waals surface area contributed by atoms with Crippen LogP contribution in [0.25, 0.3) is 0 Å². The molecule has 0 unspecified atom stereocenters. The van der Waals surface area contributed by atoms with Gasteiger partial charge in [0.15, 0.2) is 0 Å². The van der Waals surface area contributed by atoms with Gasteiger partial charge in [-0.3, -0.25) is 0 Å². The predicted octanol–water partition coefficient (Wildman–Crippen LogP) is 4.80. The monoisotopic (exact) mass is 304 g/mol. The normalized spacial score (nSPS) is 21.0. The van der Waals surface area contributed by atoms with E-state index in [-0.39, 0.29) is 5.73 Å². The zero-order valence-electron chi connectivity index (χ0n) is 14.5. The van der Waals surface area contributed by atoms with Crippen LogP contribution in [-0.4, -0.2) is 18.3 Å². The minimum atomic E-state index is -0.899. The standard InChI is InChI=1S/C18H26BFO2/c1-7-14(12-15-11-9-8-10-13(15)2)16(20)19-21-17(3,4)18(5,6)22-19/h8-11H,7,12H2,1-6H3. The molecule has 120 valence electrons. The molecule has 0 aliphatic carbocycles. The van der Waals surface area contributed by atoms with Crippen LogP contribution < -0.4 is 0 Å². The lowest BCUT2D eigenvalue weighted by atomic mass is 9.82. The molecule has 1 fully saturated rings. The van der Waals surface area contributed by atoms with Gasteiger partial charge in [0, 0.05) is 0 Å². The summed E-state index contributed by atoms with van der Waals surface area (Å²) >= 11 is 0. The van der Waals surface area contributed by atoms with E-state index in [1.54, 1.807) is 0 Å². The molecule has 4 heteroatoms. The summed E-state index contributed by atoms with van der Waals surface area (Å²) in [7, 11) is -0.899. The minimum absolute atomic E-state index is 0.274. The van der Waals surface area contributed by atoms with E-state index in [1.807, 2.05) is 52.8 Å². The van der Waals surface area contributed by atoms with Crippen molar-refractivity contribution in [3.05, 3.63) is 46.7 Å². The molecule has 1 aromatic carbocycles. The Hall–Kier alpha value is -1.13. The molecule has 0 atom stereocenters. The van der Waals surface area contributed by atoms with E-state index in [2.05, 4.69) is 13.0 Å². The lowest BCUT2D eigenvalue weighted by Gasteiger charge is -2.32. The summed E-state index contributed by atoms with van der Waals surface area (Å²) in [5.74, 6) is 0. The highest BCUT2D eigenvalue weighted by atomic mass is 19.1. The van der Waals surface area contributed by atoms with Crippen LogP contribution in [0.15, 0.2) is 35.6 Å². The molecule has 0 N–H and O–H groups in total. The van der Waals surface area contributed by atoms with Crippen molar-refractivity contribution in [2.75, 3.05) is 0 Å². The van der Waals surface area contributed by atoms with Crippen molar-refractivity contribution >= 4 is 7.12 Å². The average molecular weight is 304 g/mol. The highest BCUT2D eigenvalue weighted by Crippen LogP contribution is 2.39. The van der Waals surface area contributed by atoms with Crippen molar-refractivity contribution in [3.63, 3.8) is 0 Å². The van der Waals surface area contributed by atoms with Crippen molar-refractivity contribution in [1.29, 1.82) is 0 Å². The zero-order valence-corrected chi connectivity index (χ0v) is 14.5. The molecule has 1 heterocycles. The molecule has 0 amide bonds. The Kier molecular flexibility index (Phi) is 4.83. The molecule has 22 heavy (non-hydrogen) atoms. The second kappa shape index (κ2) is 6.17. The van der Waals surface area contributed by atoms with Crippen LogP contribution in [0, 0.1) is 6.92 Å². The van der Waals surface area contributed by atoms with Crippen LogP contribution in [0.5, 0.6) is 0 Å². The second-order valence-electron chi connectivity index (χ2n) is 7.00. The zero-order chi connectivity index (χ0) is 16.5. The van der Waals surface area contributed by atoms with Gasteiger partial charge in [0.2, 0.25) is 0 Å². The summed E-state index contributed by atoms with van der Waals surface area (Å²) in [6.07, 6.45) is 1.24. The van der Waals surface area contributed by atoms with Crippen LogP contribution in [-0.2, 0) is 15.7 Å². The molecule has 0 spiro atoms. The summed E-state index contributed by atoms with van der Waals surface area (Å²) in [5.41, 5.74) is 1.76. The van der Waals surface area contributed by atoms with Crippen molar-refractivity contribution in [2.24, 2.45) is 0 Å². The van der Waals surface area contributed by atoms with E-state index in [4.69, 9.17) is 9.31 Å². The smallest absolute Gasteiger partial charge is 0.398 e. The van der Waals surface area contributed by atoms with Gasteiger partial charge in [0.05, 0.1) is 11.2 Å². The van der Waals surface area contributed by atoms with E-state index in [9.17, 15) is 4.39 Å². The van der Waals surface area contributed by atoms with E-state index in [0.717, 1.165) is 11.1 Å². The maximum absolute atomic E-state index is 14.9. The summed E-state index contributed by atoms with van der Waals surface area (Å²) in [6.45, 7) is 11.8. The third-order valence-electron chi connectivity index (χ3n) is 4.89. The largest absolute Gasteiger partial charge is 0.525 e. The van der Waals surface area contributed by atoms with Crippen LogP contribution in [0.4, 0.5) is 4.39 Å². The predicted molar refractivity (Wildman–Crippen MR) is 89.4 cm³/mol. The summed E-state index contributed by atoms with van der Waals surface area (Å²) in [5, 5.41) is 0. The third kappa shape index (κ3) is 3.28. The van der Waals surface area contributed by atoms with Gasteiger partial charge in [0.1, 0.15) is 5.73 Å². The quantitative estimate of drug-likeness (QED) is 0.744. The first-order valence-electron chi connectivity index (χ1n) is 7.95. The molecule has 1 aliphatic rings. The Balaban J connectivity index is 2.25. The number of hydrogen-bond acceptors (Lipinski definition) is 2. The molecular weight excluding hydrogens is 278 g/mol. The van der Waals surface area contributed by atoms with Crippen LogP contribution in [0.1, 0.15) is 52.2 Å². The highest BCUT2D eigenvalue weighted by molar-refractivity contribution is 6.53. The van der Waals surface area contributed by atoms with Gasteiger partial charge in [0.25, 0.3) is 0 Å². The Labute approximate surface area is 133 Å². The van der Waals surface area contributed by atoms with Crippen molar-refractivity contribution in [2.45, 2.75) is 65.6 Å². The molecule has 0 saturated carbocycles. The first-order chi connectivity index (χ1) is 10.2. The Morgan fingerprint density at radius 2 is 1.64 bits per heavy atom. The van der Waals surface area contributed by atoms with Crippen molar-refractivity contribution in [3.8, 4) is 0 Å². The van der Waals surface area contributed by atoms with Gasteiger partial charge < -0.3 is 9.31 Å². The Bertz CT molecular complexity index is 562. The van der Waals surface area contributed by atoms with Gasteiger partial charge in [-0.2, -0.15) is 0 Å². The fraction of sp³-hybridized carbons (Fsp3) is 0.556. The fourth-order valence-corrected chi connectivity index (χ4v) is 2.53. The van der Waals surface area contributed by atoms with Gasteiger partial charge in [-0.25, -0.2) is 4.39 Å². The topological polar surface area (TPSA) is 18.5 Å². The molecule has 1 aromatic rings. The van der Waals surface area contributed by atoms with Gasteiger partial charge in [-0.05, 0) is 64.2 Å². The number of benzene rings is 1. The van der Waals surface area contributed by atoms with Gasteiger partial charge in [-0.1, -0.05) is 31.2 Å². The van der Waals surface area contributed by atoms with Crippen molar-refractivity contribution in [1.82, 2.24) is 0 Å². The summed E-state index contributed by atoms with van der Waals surface area (Å²) < 4.78 is 26.5. The van der Waals surface area contributed by atoms with Gasteiger partial charge in [-0.15, -0.1) is 0 Å². The Morgan fingerprint density at radius 1 is 1.09 bits per heavy atom. The van der Waals surface area contributed by atoms with E-state index in [0.29, 0.717) is 12.8 Å². The van der Waals surface area contributed by atoms with E-state index >= 15 is 0 Å². The number of allylic oxidation sites excluding steroid dienone is 1. The number of aryl methyl sites for hydroxylation is 1. The lowest BCUT2D eigenvalue weighted by Crippen LogP contribution is -2.41.